The van der Waals surface area contributed by atoms with Crippen LogP contribution in [0.2, 0.25) is 0 Å². The third-order valence-electron chi connectivity index (χ3n) is 3.75. The molecule has 2 aromatic carbocycles. The van der Waals surface area contributed by atoms with Gasteiger partial charge in [0.1, 0.15) is 5.75 Å². The molecule has 2 aromatic rings. The van der Waals surface area contributed by atoms with Gasteiger partial charge in [-0.1, -0.05) is 18.2 Å². The lowest BCUT2D eigenvalue weighted by Gasteiger charge is -2.10. The second-order valence-electron chi connectivity index (χ2n) is 5.72. The third kappa shape index (κ3) is 6.40. The molecule has 26 heavy (non-hydrogen) atoms. The Morgan fingerprint density at radius 2 is 1.81 bits per heavy atom. The molecule has 0 aliphatic rings. The molecular formula is C19H21F3N2O2. The van der Waals surface area contributed by atoms with Crippen LogP contribution in [0.5, 0.6) is 5.75 Å². The third-order valence-corrected chi connectivity index (χ3v) is 3.75. The minimum Gasteiger partial charge on any atom is -0.497 e. The molecule has 0 aliphatic heterocycles. The van der Waals surface area contributed by atoms with Crippen molar-refractivity contribution < 1.29 is 22.7 Å². The van der Waals surface area contributed by atoms with Gasteiger partial charge in [-0.3, -0.25) is 4.79 Å². The van der Waals surface area contributed by atoms with Gasteiger partial charge in [-0.2, -0.15) is 13.2 Å². The van der Waals surface area contributed by atoms with E-state index in [1.807, 2.05) is 24.3 Å². The minimum absolute atomic E-state index is 0.142. The summed E-state index contributed by atoms with van der Waals surface area (Å²) < 4.78 is 43.0. The Labute approximate surface area is 150 Å². The summed E-state index contributed by atoms with van der Waals surface area (Å²) in [6, 6.07) is 12.3. The van der Waals surface area contributed by atoms with Crippen LogP contribution in [0.25, 0.3) is 0 Å². The van der Waals surface area contributed by atoms with E-state index in [2.05, 4.69) is 10.6 Å². The number of carbonyl (C=O) groups excluding carboxylic acids is 1. The normalized spacial score (nSPS) is 11.2. The number of hydrogen-bond acceptors (Lipinski definition) is 3. The van der Waals surface area contributed by atoms with Crippen LogP contribution in [-0.2, 0) is 17.4 Å². The lowest BCUT2D eigenvalue weighted by Crippen LogP contribution is -2.23. The van der Waals surface area contributed by atoms with Gasteiger partial charge in [-0.25, -0.2) is 0 Å². The van der Waals surface area contributed by atoms with Crippen molar-refractivity contribution in [2.75, 3.05) is 25.5 Å². The number of benzene rings is 2. The van der Waals surface area contributed by atoms with Gasteiger partial charge in [0.2, 0.25) is 5.91 Å². The molecule has 0 radical (unpaired) electrons. The van der Waals surface area contributed by atoms with Crippen molar-refractivity contribution in [2.24, 2.45) is 0 Å². The number of anilines is 1. The highest BCUT2D eigenvalue weighted by atomic mass is 19.4. The zero-order chi connectivity index (χ0) is 19.0. The van der Waals surface area contributed by atoms with Gasteiger partial charge in [0.25, 0.3) is 0 Å². The van der Waals surface area contributed by atoms with E-state index in [1.54, 1.807) is 7.11 Å². The van der Waals surface area contributed by atoms with E-state index >= 15 is 0 Å². The lowest BCUT2D eigenvalue weighted by molar-refractivity contribution is -0.137. The zero-order valence-electron chi connectivity index (χ0n) is 14.4. The second kappa shape index (κ2) is 9.24. The van der Waals surface area contributed by atoms with E-state index in [0.29, 0.717) is 13.1 Å². The quantitative estimate of drug-likeness (QED) is 0.697. The van der Waals surface area contributed by atoms with Gasteiger partial charge in [0.15, 0.2) is 0 Å². The zero-order valence-corrected chi connectivity index (χ0v) is 14.4. The van der Waals surface area contributed by atoms with Gasteiger partial charge in [0.05, 0.1) is 12.7 Å². The van der Waals surface area contributed by atoms with Crippen molar-refractivity contribution in [3.05, 3.63) is 59.7 Å². The fourth-order valence-electron chi connectivity index (χ4n) is 2.35. The lowest BCUT2D eigenvalue weighted by atomic mass is 10.1. The number of halogens is 3. The molecule has 140 valence electrons. The van der Waals surface area contributed by atoms with Crippen LogP contribution in [0, 0.1) is 0 Å². The summed E-state index contributed by atoms with van der Waals surface area (Å²) in [5.41, 5.74) is 0.502. The number of nitrogens with one attached hydrogen (secondary N) is 2. The van der Waals surface area contributed by atoms with Crippen molar-refractivity contribution in [3.63, 3.8) is 0 Å². The molecule has 0 atom stereocenters. The van der Waals surface area contributed by atoms with Crippen LogP contribution in [0.1, 0.15) is 17.5 Å². The molecule has 0 aromatic heterocycles. The Morgan fingerprint density at radius 3 is 2.46 bits per heavy atom. The molecule has 7 heteroatoms. The molecule has 0 unspecified atom stereocenters. The van der Waals surface area contributed by atoms with E-state index < -0.39 is 11.7 Å². The predicted octanol–water partition coefficient (Wildman–Crippen LogP) is 3.87. The smallest absolute Gasteiger partial charge is 0.416 e. The Morgan fingerprint density at radius 1 is 1.08 bits per heavy atom. The molecule has 0 fully saturated rings. The fraction of sp³-hybridized carbons (Fsp3) is 0.316. The first-order chi connectivity index (χ1) is 12.4. The molecule has 0 saturated heterocycles. The maximum atomic E-state index is 12.6. The van der Waals surface area contributed by atoms with E-state index in [4.69, 9.17) is 4.74 Å². The van der Waals surface area contributed by atoms with Crippen LogP contribution in [0.3, 0.4) is 0 Å². The van der Waals surface area contributed by atoms with Crippen LogP contribution >= 0.6 is 0 Å². The molecule has 0 bridgehead atoms. The standard InChI is InChI=1S/C19H21F3N2O2/c1-26-17-7-5-14(6-8-17)9-11-23-12-10-18(25)24-16-4-2-3-15(13-16)19(20,21)22/h2-8,13,23H,9-12H2,1H3,(H,24,25). The van der Waals surface area contributed by atoms with Crippen molar-refractivity contribution in [3.8, 4) is 5.75 Å². The van der Waals surface area contributed by atoms with Crippen molar-refractivity contribution in [2.45, 2.75) is 19.0 Å². The van der Waals surface area contributed by atoms with Crippen LogP contribution in [-0.4, -0.2) is 26.1 Å². The topological polar surface area (TPSA) is 50.4 Å². The van der Waals surface area contributed by atoms with Gasteiger partial charge in [-0.15, -0.1) is 0 Å². The van der Waals surface area contributed by atoms with Crippen molar-refractivity contribution in [1.82, 2.24) is 5.32 Å². The first kappa shape index (κ1) is 19.8. The summed E-state index contributed by atoms with van der Waals surface area (Å²) >= 11 is 0. The van der Waals surface area contributed by atoms with Gasteiger partial charge in [-0.05, 0) is 48.9 Å². The minimum atomic E-state index is -4.43. The summed E-state index contributed by atoms with van der Waals surface area (Å²) in [5.74, 6) is 0.467. The van der Waals surface area contributed by atoms with Crippen LogP contribution < -0.4 is 15.4 Å². The molecule has 0 saturated carbocycles. The molecule has 0 aliphatic carbocycles. The average Bonchev–Trinajstić information content (AvgIpc) is 2.61. The summed E-state index contributed by atoms with van der Waals surface area (Å²) in [6.07, 6.45) is -3.44. The Balaban J connectivity index is 1.69. The largest absolute Gasteiger partial charge is 0.497 e. The predicted molar refractivity (Wildman–Crippen MR) is 94.3 cm³/mol. The molecule has 4 nitrogen and oxygen atoms in total. The van der Waals surface area contributed by atoms with Gasteiger partial charge >= 0.3 is 6.18 Å². The number of hydrogen-bond donors (Lipinski definition) is 2. The summed E-state index contributed by atoms with van der Waals surface area (Å²) in [4.78, 5) is 11.8. The maximum absolute atomic E-state index is 12.6. The van der Waals surface area contributed by atoms with E-state index in [-0.39, 0.29) is 18.0 Å². The maximum Gasteiger partial charge on any atom is 0.416 e. The first-order valence-corrected chi connectivity index (χ1v) is 8.19. The summed E-state index contributed by atoms with van der Waals surface area (Å²) in [5, 5.41) is 5.63. The number of rotatable bonds is 8. The first-order valence-electron chi connectivity index (χ1n) is 8.19. The highest BCUT2D eigenvalue weighted by molar-refractivity contribution is 5.90. The molecule has 0 heterocycles. The fourth-order valence-corrected chi connectivity index (χ4v) is 2.35. The number of amides is 1. The molecular weight excluding hydrogens is 345 g/mol. The SMILES string of the molecule is COc1ccc(CCNCCC(=O)Nc2cccc(C(F)(F)F)c2)cc1. The van der Waals surface area contributed by atoms with Gasteiger partial charge in [0, 0.05) is 18.7 Å². The monoisotopic (exact) mass is 366 g/mol. The number of carbonyl (C=O) groups is 1. The Bertz CT molecular complexity index is 715. The van der Waals surface area contributed by atoms with E-state index in [9.17, 15) is 18.0 Å². The highest BCUT2D eigenvalue weighted by Crippen LogP contribution is 2.30. The van der Waals surface area contributed by atoms with Crippen LogP contribution in [0.4, 0.5) is 18.9 Å². The Hall–Kier alpha value is -2.54. The van der Waals surface area contributed by atoms with Crippen molar-refractivity contribution in [1.29, 1.82) is 0 Å². The molecule has 0 spiro atoms. The van der Waals surface area contributed by atoms with Crippen molar-refractivity contribution >= 4 is 11.6 Å². The summed E-state index contributed by atoms with van der Waals surface area (Å²) in [7, 11) is 1.61. The number of alkyl halides is 3. The van der Waals surface area contributed by atoms with E-state index in [1.165, 1.54) is 12.1 Å². The second-order valence-corrected chi connectivity index (χ2v) is 5.72. The molecule has 2 rings (SSSR count). The van der Waals surface area contributed by atoms with E-state index in [0.717, 1.165) is 29.9 Å². The Kier molecular flexibility index (Phi) is 7.03. The average molecular weight is 366 g/mol. The molecule has 1 amide bonds. The number of methoxy groups -OCH3 is 1. The molecule has 2 N–H and O–H groups in total. The van der Waals surface area contributed by atoms with Gasteiger partial charge < -0.3 is 15.4 Å². The summed E-state index contributed by atoms with van der Waals surface area (Å²) in [6.45, 7) is 1.14. The van der Waals surface area contributed by atoms with Crippen LogP contribution in [0.15, 0.2) is 48.5 Å². The number of ether oxygens (including phenoxy) is 1. The highest BCUT2D eigenvalue weighted by Gasteiger charge is 2.30.